The van der Waals surface area contributed by atoms with Gasteiger partial charge in [-0.15, -0.1) is 22.9 Å². The first kappa shape index (κ1) is 13.8. The van der Waals surface area contributed by atoms with E-state index < -0.39 is 11.6 Å². The summed E-state index contributed by atoms with van der Waals surface area (Å²) in [5.41, 5.74) is 1.63. The van der Waals surface area contributed by atoms with E-state index in [0.29, 0.717) is 17.0 Å². The zero-order valence-electron chi connectivity index (χ0n) is 9.51. The van der Waals surface area contributed by atoms with Gasteiger partial charge in [0.25, 0.3) is 0 Å². The molecule has 1 aromatic carbocycles. The van der Waals surface area contributed by atoms with Crippen molar-refractivity contribution in [1.29, 1.82) is 0 Å². The van der Waals surface area contributed by atoms with Gasteiger partial charge < -0.3 is 0 Å². The molecule has 2 aromatic rings. The van der Waals surface area contributed by atoms with Crippen LogP contribution < -0.4 is 0 Å². The van der Waals surface area contributed by atoms with Gasteiger partial charge in [0.2, 0.25) is 0 Å². The summed E-state index contributed by atoms with van der Waals surface area (Å²) in [4.78, 5) is 0.862. The molecule has 1 heterocycles. The number of hydrogen-bond donors (Lipinski definition) is 0. The first-order chi connectivity index (χ1) is 8.49. The van der Waals surface area contributed by atoms with E-state index in [4.69, 9.17) is 23.2 Å². The molecule has 1 atom stereocenters. The van der Waals surface area contributed by atoms with Gasteiger partial charge in [0.1, 0.15) is 0 Å². The van der Waals surface area contributed by atoms with Crippen LogP contribution in [-0.2, 0) is 6.42 Å². The lowest BCUT2D eigenvalue weighted by Gasteiger charge is -2.09. The molecule has 0 nitrogen and oxygen atoms in total. The van der Waals surface area contributed by atoms with Gasteiger partial charge in [-0.05, 0) is 42.0 Å². The zero-order chi connectivity index (χ0) is 13.3. The van der Waals surface area contributed by atoms with Crippen molar-refractivity contribution in [3.05, 3.63) is 56.2 Å². The molecule has 0 saturated heterocycles. The van der Waals surface area contributed by atoms with Crippen LogP contribution in [0.25, 0.3) is 0 Å². The Balaban J connectivity index is 2.18. The summed E-state index contributed by atoms with van der Waals surface area (Å²) in [5, 5.41) is 2.25. The molecule has 0 N–H and O–H groups in total. The summed E-state index contributed by atoms with van der Waals surface area (Å²) in [5.74, 6) is -1.71. The number of benzene rings is 1. The molecule has 0 saturated carbocycles. The van der Waals surface area contributed by atoms with Gasteiger partial charge in [0.15, 0.2) is 11.6 Å². The second kappa shape index (κ2) is 5.55. The lowest BCUT2D eigenvalue weighted by molar-refractivity contribution is 0.507. The SMILES string of the molecule is Cc1csc(C(Cl)Cc2ccc(F)c(F)c2)c1Cl. The predicted molar refractivity (Wildman–Crippen MR) is 72.7 cm³/mol. The van der Waals surface area contributed by atoms with Crippen LogP contribution in [0.3, 0.4) is 0 Å². The Bertz CT molecular complexity index is 566. The normalized spacial score (nSPS) is 12.7. The fraction of sp³-hybridized carbons (Fsp3) is 0.231. The average Bonchev–Trinajstić information content (AvgIpc) is 2.65. The summed E-state index contributed by atoms with van der Waals surface area (Å²) in [6, 6.07) is 3.80. The van der Waals surface area contributed by atoms with Gasteiger partial charge in [0.05, 0.1) is 10.4 Å². The van der Waals surface area contributed by atoms with Gasteiger partial charge in [0, 0.05) is 4.88 Å². The number of halogens is 4. The van der Waals surface area contributed by atoms with Crippen LogP contribution in [0.5, 0.6) is 0 Å². The van der Waals surface area contributed by atoms with E-state index >= 15 is 0 Å². The number of thiophene rings is 1. The van der Waals surface area contributed by atoms with E-state index in [0.717, 1.165) is 16.5 Å². The Kier molecular flexibility index (Phi) is 4.25. The van der Waals surface area contributed by atoms with Crippen LogP contribution in [-0.4, -0.2) is 0 Å². The Morgan fingerprint density at radius 3 is 2.56 bits per heavy atom. The molecule has 0 aliphatic carbocycles. The highest BCUT2D eigenvalue weighted by Gasteiger charge is 2.17. The van der Waals surface area contributed by atoms with Gasteiger partial charge in [-0.1, -0.05) is 17.7 Å². The van der Waals surface area contributed by atoms with Crippen molar-refractivity contribution in [3.8, 4) is 0 Å². The first-order valence-corrected chi connectivity index (χ1v) is 7.00. The molecule has 1 aromatic heterocycles. The monoisotopic (exact) mass is 306 g/mol. The molecule has 1 unspecified atom stereocenters. The third-order valence-electron chi connectivity index (χ3n) is 2.61. The highest BCUT2D eigenvalue weighted by atomic mass is 35.5. The van der Waals surface area contributed by atoms with Gasteiger partial charge in [-0.25, -0.2) is 8.78 Å². The third kappa shape index (κ3) is 2.85. The maximum absolute atomic E-state index is 13.1. The fourth-order valence-electron chi connectivity index (χ4n) is 1.63. The van der Waals surface area contributed by atoms with Crippen LogP contribution in [0.15, 0.2) is 23.6 Å². The second-order valence-electron chi connectivity index (χ2n) is 4.02. The van der Waals surface area contributed by atoms with E-state index in [2.05, 4.69) is 0 Å². The van der Waals surface area contributed by atoms with Crippen LogP contribution in [0.1, 0.15) is 21.4 Å². The Labute approximate surface area is 118 Å². The van der Waals surface area contributed by atoms with Gasteiger partial charge >= 0.3 is 0 Å². The molecular weight excluding hydrogens is 297 g/mol. The largest absolute Gasteiger partial charge is 0.204 e. The van der Waals surface area contributed by atoms with Crippen molar-refractivity contribution < 1.29 is 8.78 Å². The van der Waals surface area contributed by atoms with Crippen molar-refractivity contribution in [2.45, 2.75) is 18.7 Å². The molecule has 0 bridgehead atoms. The molecule has 0 amide bonds. The molecule has 96 valence electrons. The number of rotatable bonds is 3. The first-order valence-electron chi connectivity index (χ1n) is 5.30. The molecule has 0 fully saturated rings. The van der Waals surface area contributed by atoms with Crippen molar-refractivity contribution in [3.63, 3.8) is 0 Å². The molecular formula is C13H10Cl2F2S. The minimum atomic E-state index is -0.857. The maximum Gasteiger partial charge on any atom is 0.159 e. The van der Waals surface area contributed by atoms with Crippen LogP contribution in [0.2, 0.25) is 5.02 Å². The highest BCUT2D eigenvalue weighted by Crippen LogP contribution is 2.37. The van der Waals surface area contributed by atoms with Crippen LogP contribution >= 0.6 is 34.5 Å². The van der Waals surface area contributed by atoms with E-state index in [9.17, 15) is 8.78 Å². The number of hydrogen-bond acceptors (Lipinski definition) is 1. The predicted octanol–water partition coefficient (Wildman–Crippen LogP) is 5.51. The zero-order valence-corrected chi connectivity index (χ0v) is 11.8. The van der Waals surface area contributed by atoms with Crippen LogP contribution in [0, 0.1) is 18.6 Å². The molecule has 18 heavy (non-hydrogen) atoms. The topological polar surface area (TPSA) is 0 Å². The lowest BCUT2D eigenvalue weighted by atomic mass is 10.1. The van der Waals surface area contributed by atoms with E-state index in [1.54, 1.807) is 0 Å². The van der Waals surface area contributed by atoms with E-state index in [1.165, 1.54) is 23.5 Å². The fourth-order valence-corrected chi connectivity index (χ4v) is 3.43. The van der Waals surface area contributed by atoms with Gasteiger partial charge in [-0.2, -0.15) is 0 Å². The Hall–Kier alpha value is -0.640. The minimum absolute atomic E-state index is 0.332. The molecule has 0 aliphatic heterocycles. The molecule has 5 heteroatoms. The third-order valence-corrected chi connectivity index (χ3v) is 4.94. The number of aryl methyl sites for hydroxylation is 1. The smallest absolute Gasteiger partial charge is 0.159 e. The lowest BCUT2D eigenvalue weighted by Crippen LogP contribution is -1.96. The number of alkyl halides is 1. The summed E-state index contributed by atoms with van der Waals surface area (Å²) in [6.07, 6.45) is 0.415. The van der Waals surface area contributed by atoms with Crippen molar-refractivity contribution in [2.75, 3.05) is 0 Å². The van der Waals surface area contributed by atoms with Crippen molar-refractivity contribution in [2.24, 2.45) is 0 Å². The average molecular weight is 307 g/mol. The Morgan fingerprint density at radius 2 is 2.00 bits per heavy atom. The Morgan fingerprint density at radius 1 is 1.28 bits per heavy atom. The summed E-state index contributed by atoms with van der Waals surface area (Å²) < 4.78 is 25.9. The second-order valence-corrected chi connectivity index (χ2v) is 5.83. The quantitative estimate of drug-likeness (QED) is 0.656. The molecule has 2 rings (SSSR count). The molecule has 0 aliphatic rings. The van der Waals surface area contributed by atoms with Crippen LogP contribution in [0.4, 0.5) is 8.78 Å². The van der Waals surface area contributed by atoms with E-state index in [-0.39, 0.29) is 5.38 Å². The standard InChI is InChI=1S/C13H10Cl2F2S/c1-7-6-18-13(12(7)15)9(14)4-8-2-3-10(16)11(17)5-8/h2-3,5-6,9H,4H2,1H3. The summed E-state index contributed by atoms with van der Waals surface area (Å²) in [6.45, 7) is 1.91. The summed E-state index contributed by atoms with van der Waals surface area (Å²) in [7, 11) is 0. The molecule has 0 spiro atoms. The van der Waals surface area contributed by atoms with Crippen molar-refractivity contribution in [1.82, 2.24) is 0 Å². The molecule has 0 radical (unpaired) electrons. The summed E-state index contributed by atoms with van der Waals surface area (Å²) >= 11 is 13.9. The van der Waals surface area contributed by atoms with E-state index in [1.807, 2.05) is 12.3 Å². The maximum atomic E-state index is 13.1. The highest BCUT2D eigenvalue weighted by molar-refractivity contribution is 7.11. The van der Waals surface area contributed by atoms with Crippen molar-refractivity contribution >= 4 is 34.5 Å². The van der Waals surface area contributed by atoms with Gasteiger partial charge in [-0.3, -0.25) is 0 Å². The minimum Gasteiger partial charge on any atom is -0.204 e.